The zero-order valence-electron chi connectivity index (χ0n) is 20.7. The van der Waals surface area contributed by atoms with Gasteiger partial charge in [0, 0.05) is 74.2 Å². The molecule has 0 bridgehead atoms. The number of anilines is 1. The molecule has 2 aliphatic heterocycles. The van der Waals surface area contributed by atoms with Crippen LogP contribution in [0.1, 0.15) is 30.9 Å². The van der Waals surface area contributed by atoms with Gasteiger partial charge >= 0.3 is 0 Å². The molecule has 2 saturated heterocycles. The number of aryl methyl sites for hydroxylation is 1. The predicted molar refractivity (Wildman–Crippen MR) is 146 cm³/mol. The monoisotopic (exact) mass is 561 g/mol. The number of fused-ring (bicyclic) bond motifs is 1. The van der Waals surface area contributed by atoms with E-state index in [9.17, 15) is 4.21 Å². The van der Waals surface area contributed by atoms with Crippen LogP contribution in [0.5, 0.6) is 5.75 Å². The third-order valence-corrected chi connectivity index (χ3v) is 9.74. The van der Waals surface area contributed by atoms with E-state index in [1.54, 1.807) is 6.26 Å². The lowest BCUT2D eigenvalue weighted by Crippen LogP contribution is -2.47. The van der Waals surface area contributed by atoms with E-state index in [4.69, 9.17) is 4.74 Å². The van der Waals surface area contributed by atoms with Gasteiger partial charge in [-0.3, -0.25) is 9.11 Å². The fourth-order valence-corrected chi connectivity index (χ4v) is 7.10. The number of aromatic nitrogens is 2. The summed E-state index contributed by atoms with van der Waals surface area (Å²) in [6, 6.07) is 6.46. The summed E-state index contributed by atoms with van der Waals surface area (Å²) in [6.45, 7) is 8.48. The Bertz CT molecular complexity index is 1120. The quantitative estimate of drug-likeness (QED) is 0.482. The third-order valence-electron chi connectivity index (χ3n) is 7.66. The van der Waals surface area contributed by atoms with Gasteiger partial charge in [-0.05, 0) is 76.2 Å². The van der Waals surface area contributed by atoms with Crippen molar-refractivity contribution in [2.75, 3.05) is 50.4 Å². The average molecular weight is 563 g/mol. The molecule has 3 heterocycles. The lowest BCUT2D eigenvalue weighted by molar-refractivity contribution is 0.185. The molecule has 0 spiro atoms. The van der Waals surface area contributed by atoms with Gasteiger partial charge in [0.15, 0.2) is 0 Å². The van der Waals surface area contributed by atoms with Crippen molar-refractivity contribution in [3.63, 3.8) is 0 Å². The van der Waals surface area contributed by atoms with Gasteiger partial charge in [0.2, 0.25) is 5.95 Å². The van der Waals surface area contributed by atoms with Crippen LogP contribution < -0.4 is 9.64 Å². The fourth-order valence-electron chi connectivity index (χ4n) is 5.65. The second-order valence-electron chi connectivity index (χ2n) is 10.3. The van der Waals surface area contributed by atoms with Crippen LogP contribution in [0.4, 0.5) is 5.95 Å². The molecule has 2 aromatic rings. The second kappa shape index (κ2) is 10.4. The van der Waals surface area contributed by atoms with Crippen LogP contribution in [-0.4, -0.2) is 80.9 Å². The van der Waals surface area contributed by atoms with Gasteiger partial charge in [-0.1, -0.05) is 13.0 Å². The van der Waals surface area contributed by atoms with Crippen molar-refractivity contribution in [1.29, 1.82) is 0 Å². The molecule has 1 aliphatic carbocycles. The van der Waals surface area contributed by atoms with Gasteiger partial charge in [0.25, 0.3) is 0 Å². The van der Waals surface area contributed by atoms with Gasteiger partial charge in [-0.25, -0.2) is 14.3 Å². The number of benzene rings is 1. The van der Waals surface area contributed by atoms with Gasteiger partial charge in [0.05, 0.1) is 10.6 Å². The van der Waals surface area contributed by atoms with E-state index in [-0.39, 0.29) is 6.10 Å². The molecule has 1 aromatic heterocycles. The maximum Gasteiger partial charge on any atom is 0.225 e. The van der Waals surface area contributed by atoms with E-state index in [0.29, 0.717) is 11.8 Å². The van der Waals surface area contributed by atoms with Crippen molar-refractivity contribution < 1.29 is 8.95 Å². The highest BCUT2D eigenvalue weighted by atomic mass is 79.9. The summed E-state index contributed by atoms with van der Waals surface area (Å²) in [7, 11) is -2.10. The zero-order chi connectivity index (χ0) is 24.6. The van der Waals surface area contributed by atoms with E-state index in [1.165, 1.54) is 11.1 Å². The summed E-state index contributed by atoms with van der Waals surface area (Å²) in [5.41, 5.74) is 2.44. The molecule has 0 radical (unpaired) electrons. The molecule has 4 atom stereocenters. The molecule has 3 fully saturated rings. The first kappa shape index (κ1) is 25.0. The normalized spacial score (nSPS) is 27.1. The van der Waals surface area contributed by atoms with Gasteiger partial charge < -0.3 is 9.64 Å². The lowest BCUT2D eigenvalue weighted by atomic mass is 10.0. The number of ether oxygens (including phenoxy) is 1. The van der Waals surface area contributed by atoms with Crippen molar-refractivity contribution in [1.82, 2.24) is 19.2 Å². The average Bonchev–Trinajstić information content (AvgIpc) is 3.39. The summed E-state index contributed by atoms with van der Waals surface area (Å²) < 4.78 is 21.6. The van der Waals surface area contributed by atoms with Crippen molar-refractivity contribution in [2.45, 2.75) is 38.8 Å². The summed E-state index contributed by atoms with van der Waals surface area (Å²) in [6.07, 6.45) is 9.03. The Labute approximate surface area is 218 Å². The molecule has 35 heavy (non-hydrogen) atoms. The standard InChI is InChI=1S/C26H36BrN5O2S/c1-4-19-14-28-26(29-15-19)31-17-21-12-23(13-22(21)18-31)34-25-6-5-20(11-24(25)27)16-30-7-9-32(10-8-30)35(2,3)33/h5-6,11,14-15,21-23H,2,4,7-10,12-13,16-18H2,1,3H3/t21-,22?,23?,35?/m0/s1. The molecule has 190 valence electrons. The lowest BCUT2D eigenvalue weighted by Gasteiger charge is -2.35. The van der Waals surface area contributed by atoms with E-state index in [0.717, 1.165) is 81.2 Å². The molecule has 7 nitrogen and oxygen atoms in total. The smallest absolute Gasteiger partial charge is 0.225 e. The molecule has 1 saturated carbocycles. The Morgan fingerprint density at radius 2 is 1.74 bits per heavy atom. The van der Waals surface area contributed by atoms with E-state index >= 15 is 0 Å². The first-order chi connectivity index (χ1) is 16.8. The summed E-state index contributed by atoms with van der Waals surface area (Å²) >= 11 is 3.75. The van der Waals surface area contributed by atoms with E-state index in [2.05, 4.69) is 66.7 Å². The number of halogens is 1. The molecular weight excluding hydrogens is 526 g/mol. The van der Waals surface area contributed by atoms with Gasteiger partial charge in [-0.15, -0.1) is 0 Å². The van der Waals surface area contributed by atoms with Gasteiger partial charge in [-0.2, -0.15) is 0 Å². The number of piperazine rings is 1. The summed E-state index contributed by atoms with van der Waals surface area (Å²) in [5.74, 6) is 6.89. The Morgan fingerprint density at radius 1 is 1.09 bits per heavy atom. The first-order valence-corrected chi connectivity index (χ1v) is 15.5. The van der Waals surface area contributed by atoms with Crippen LogP contribution >= 0.6 is 15.9 Å². The third kappa shape index (κ3) is 5.84. The highest BCUT2D eigenvalue weighted by Gasteiger charge is 2.42. The Balaban J connectivity index is 1.12. The SMILES string of the molecule is C=S(C)(=O)N1CCN(Cc2ccc(OC3CC4CN(c5ncc(CC)cn5)C[C@@H]4C3)c(Br)c2)CC1. The van der Waals surface area contributed by atoms with E-state index < -0.39 is 9.71 Å². The molecule has 1 aromatic carbocycles. The Morgan fingerprint density at radius 3 is 2.31 bits per heavy atom. The number of hydrogen-bond acceptors (Lipinski definition) is 6. The van der Waals surface area contributed by atoms with Crippen LogP contribution in [0.15, 0.2) is 35.1 Å². The largest absolute Gasteiger partial charge is 0.489 e. The molecule has 5 rings (SSSR count). The Kier molecular flexibility index (Phi) is 7.40. The number of nitrogens with zero attached hydrogens (tertiary/aromatic N) is 5. The van der Waals surface area contributed by atoms with Crippen molar-refractivity contribution in [2.24, 2.45) is 11.8 Å². The highest BCUT2D eigenvalue weighted by molar-refractivity contribution is 9.10. The minimum atomic E-state index is -2.10. The first-order valence-electron chi connectivity index (χ1n) is 12.6. The molecule has 0 amide bonds. The maximum atomic E-state index is 12.2. The molecular formula is C26H36BrN5O2S. The van der Waals surface area contributed by atoms with Crippen LogP contribution in [0.2, 0.25) is 0 Å². The van der Waals surface area contributed by atoms with Crippen LogP contribution in [0, 0.1) is 11.8 Å². The highest BCUT2D eigenvalue weighted by Crippen LogP contribution is 2.41. The van der Waals surface area contributed by atoms with Crippen LogP contribution in [0.3, 0.4) is 0 Å². The van der Waals surface area contributed by atoms with Gasteiger partial charge in [0.1, 0.15) is 5.75 Å². The number of hydrogen-bond donors (Lipinski definition) is 0. The topological polar surface area (TPSA) is 61.8 Å². The minimum absolute atomic E-state index is 0.261. The van der Waals surface area contributed by atoms with E-state index in [1.807, 2.05) is 16.7 Å². The second-order valence-corrected chi connectivity index (χ2v) is 13.6. The molecule has 3 aliphatic rings. The summed E-state index contributed by atoms with van der Waals surface area (Å²) in [5, 5.41) is 0. The maximum absolute atomic E-state index is 12.2. The van der Waals surface area contributed by atoms with Crippen molar-refractivity contribution in [3.05, 3.63) is 46.2 Å². The summed E-state index contributed by atoms with van der Waals surface area (Å²) in [4.78, 5) is 13.9. The number of rotatable bonds is 7. The molecule has 0 N–H and O–H groups in total. The van der Waals surface area contributed by atoms with Crippen molar-refractivity contribution in [3.8, 4) is 5.75 Å². The molecule has 3 unspecified atom stereocenters. The molecule has 9 heteroatoms. The van der Waals surface area contributed by atoms with Crippen LogP contribution in [-0.2, 0) is 22.7 Å². The zero-order valence-corrected chi connectivity index (χ0v) is 23.1. The minimum Gasteiger partial charge on any atom is -0.489 e. The fraction of sp³-hybridized carbons (Fsp3) is 0.577. The van der Waals surface area contributed by atoms with Crippen molar-refractivity contribution >= 4 is 37.5 Å². The Hall–Kier alpha value is -1.68. The predicted octanol–water partition coefficient (Wildman–Crippen LogP) is 3.47. The van der Waals surface area contributed by atoms with Crippen LogP contribution in [0.25, 0.3) is 0 Å².